The largest absolute Gasteiger partial charge is 0.493 e. The topological polar surface area (TPSA) is 44.8 Å². The van der Waals surface area contributed by atoms with Gasteiger partial charge in [-0.1, -0.05) is 66.2 Å². The molecule has 4 heteroatoms. The van der Waals surface area contributed by atoms with Gasteiger partial charge in [-0.15, -0.1) is 6.58 Å². The third-order valence-corrected chi connectivity index (χ3v) is 5.35. The van der Waals surface area contributed by atoms with Crippen molar-refractivity contribution in [2.75, 3.05) is 7.11 Å². The monoisotopic (exact) mass is 438 g/mol. The summed E-state index contributed by atoms with van der Waals surface area (Å²) in [7, 11) is 1.61. The molecule has 0 aliphatic carbocycles. The number of carbonyl (C=O) groups excluding carboxylic acids is 1. The Morgan fingerprint density at radius 2 is 1.79 bits per heavy atom. The van der Waals surface area contributed by atoms with E-state index >= 15 is 0 Å². The van der Waals surface area contributed by atoms with Crippen LogP contribution in [0.4, 0.5) is 0 Å². The molecule has 0 spiro atoms. The molecule has 0 saturated heterocycles. The van der Waals surface area contributed by atoms with E-state index in [0.29, 0.717) is 35.9 Å². The molecule has 0 radical (unpaired) electrons. The number of rotatable bonds is 8. The predicted molar refractivity (Wildman–Crippen MR) is 131 cm³/mol. The second kappa shape index (κ2) is 10.0. The standard InChI is InChI=1S/C29H26O4/c1-4-8-24-15-22(17-27(31-3)28(24)32-19-21-9-6-5-7-10-21)16-25-18-26(33-29(25)30)23-13-11-20(2)12-14-23/h4-7,9-18H,1,8,19H2,2-3H3/b25-16+. The number of ether oxygens (including phenoxy) is 3. The van der Waals surface area contributed by atoms with Crippen LogP contribution in [0.2, 0.25) is 0 Å². The molecule has 0 saturated carbocycles. The van der Waals surface area contributed by atoms with Crippen LogP contribution in [0.15, 0.2) is 91.0 Å². The second-order valence-corrected chi connectivity index (χ2v) is 7.84. The van der Waals surface area contributed by atoms with Crippen LogP contribution in [0.3, 0.4) is 0 Å². The Bertz CT molecular complexity index is 1220. The summed E-state index contributed by atoms with van der Waals surface area (Å²) in [5.41, 5.74) is 5.32. The summed E-state index contributed by atoms with van der Waals surface area (Å²) in [5, 5.41) is 0. The summed E-state index contributed by atoms with van der Waals surface area (Å²) >= 11 is 0. The quantitative estimate of drug-likeness (QED) is 0.235. The van der Waals surface area contributed by atoms with Crippen LogP contribution in [0, 0.1) is 6.92 Å². The number of hydrogen-bond donors (Lipinski definition) is 0. The van der Waals surface area contributed by atoms with Gasteiger partial charge in [-0.2, -0.15) is 0 Å². The summed E-state index contributed by atoms with van der Waals surface area (Å²) in [6.07, 6.45) is 6.00. The van der Waals surface area contributed by atoms with Crippen molar-refractivity contribution >= 4 is 17.8 Å². The first-order valence-corrected chi connectivity index (χ1v) is 10.8. The van der Waals surface area contributed by atoms with Gasteiger partial charge in [-0.25, -0.2) is 4.79 Å². The average molecular weight is 439 g/mol. The first kappa shape index (κ1) is 22.2. The van der Waals surface area contributed by atoms with Crippen LogP contribution in [0.5, 0.6) is 11.5 Å². The molecule has 3 aromatic carbocycles. The molecule has 33 heavy (non-hydrogen) atoms. The van der Waals surface area contributed by atoms with Crippen LogP contribution >= 0.6 is 0 Å². The van der Waals surface area contributed by atoms with Gasteiger partial charge in [-0.3, -0.25) is 0 Å². The Morgan fingerprint density at radius 1 is 1.03 bits per heavy atom. The Morgan fingerprint density at radius 3 is 2.48 bits per heavy atom. The van der Waals surface area contributed by atoms with Gasteiger partial charge in [0.05, 0.1) is 12.7 Å². The summed E-state index contributed by atoms with van der Waals surface area (Å²) in [5.74, 6) is 1.45. The molecular formula is C29H26O4. The van der Waals surface area contributed by atoms with Gasteiger partial charge in [0.15, 0.2) is 11.5 Å². The Labute approximate surface area is 194 Å². The van der Waals surface area contributed by atoms with Crippen LogP contribution in [-0.2, 0) is 22.6 Å². The summed E-state index contributed by atoms with van der Waals surface area (Å²) < 4.78 is 17.3. The fourth-order valence-electron chi connectivity index (χ4n) is 3.65. The summed E-state index contributed by atoms with van der Waals surface area (Å²) in [6, 6.07) is 21.7. The van der Waals surface area contributed by atoms with Crippen molar-refractivity contribution in [2.45, 2.75) is 20.0 Å². The molecule has 3 aromatic rings. The number of esters is 1. The fraction of sp³-hybridized carbons (Fsp3) is 0.138. The molecule has 0 fully saturated rings. The number of methoxy groups -OCH3 is 1. The highest BCUT2D eigenvalue weighted by atomic mass is 16.5. The Balaban J connectivity index is 1.65. The molecule has 0 N–H and O–H groups in total. The lowest BCUT2D eigenvalue weighted by molar-refractivity contribution is -0.130. The number of aryl methyl sites for hydroxylation is 1. The number of cyclic esters (lactones) is 1. The Kier molecular flexibility index (Phi) is 6.75. The SMILES string of the molecule is C=CCc1cc(/C=C2\C=C(c3ccc(C)cc3)OC2=O)cc(OC)c1OCc1ccccc1. The lowest BCUT2D eigenvalue weighted by Crippen LogP contribution is -2.02. The molecule has 4 nitrogen and oxygen atoms in total. The van der Waals surface area contributed by atoms with Gasteiger partial charge < -0.3 is 14.2 Å². The van der Waals surface area contributed by atoms with E-state index in [9.17, 15) is 4.79 Å². The maximum atomic E-state index is 12.5. The zero-order valence-electron chi connectivity index (χ0n) is 18.8. The highest BCUT2D eigenvalue weighted by molar-refractivity contribution is 6.05. The van der Waals surface area contributed by atoms with Crippen LogP contribution < -0.4 is 9.47 Å². The molecular weight excluding hydrogens is 412 g/mol. The van der Waals surface area contributed by atoms with Crippen molar-refractivity contribution in [1.82, 2.24) is 0 Å². The van der Waals surface area contributed by atoms with Crippen LogP contribution in [0.25, 0.3) is 11.8 Å². The zero-order chi connectivity index (χ0) is 23.2. The van der Waals surface area contributed by atoms with Gasteiger partial charge >= 0.3 is 5.97 Å². The zero-order valence-corrected chi connectivity index (χ0v) is 18.8. The minimum atomic E-state index is -0.376. The number of allylic oxidation sites excluding steroid dienone is 1. The van der Waals surface area contributed by atoms with E-state index in [2.05, 4.69) is 6.58 Å². The molecule has 1 aliphatic heterocycles. The van der Waals surface area contributed by atoms with Crippen molar-refractivity contribution in [2.24, 2.45) is 0 Å². The summed E-state index contributed by atoms with van der Waals surface area (Å²) in [6.45, 7) is 6.32. The molecule has 166 valence electrons. The minimum Gasteiger partial charge on any atom is -0.493 e. The van der Waals surface area contributed by atoms with E-state index in [1.165, 1.54) is 0 Å². The molecule has 1 aliphatic rings. The first-order valence-electron chi connectivity index (χ1n) is 10.8. The second-order valence-electron chi connectivity index (χ2n) is 7.84. The van der Waals surface area contributed by atoms with Gasteiger partial charge in [0, 0.05) is 11.1 Å². The van der Waals surface area contributed by atoms with Gasteiger partial charge in [0.2, 0.25) is 0 Å². The van der Waals surface area contributed by atoms with Crippen molar-refractivity contribution in [3.05, 3.63) is 119 Å². The predicted octanol–water partition coefficient (Wildman–Crippen LogP) is 6.29. The minimum absolute atomic E-state index is 0.376. The molecule has 1 heterocycles. The lowest BCUT2D eigenvalue weighted by atomic mass is 10.0. The first-order chi connectivity index (χ1) is 16.1. The van der Waals surface area contributed by atoms with Crippen molar-refractivity contribution < 1.29 is 19.0 Å². The van der Waals surface area contributed by atoms with Crippen LogP contribution in [0.1, 0.15) is 27.8 Å². The van der Waals surface area contributed by atoms with Crippen molar-refractivity contribution in [3.63, 3.8) is 0 Å². The smallest absolute Gasteiger partial charge is 0.343 e. The van der Waals surface area contributed by atoms with Gasteiger partial charge in [0.1, 0.15) is 12.4 Å². The van der Waals surface area contributed by atoms with Crippen molar-refractivity contribution in [3.8, 4) is 11.5 Å². The van der Waals surface area contributed by atoms with Crippen LogP contribution in [-0.4, -0.2) is 13.1 Å². The maximum absolute atomic E-state index is 12.5. The molecule has 0 amide bonds. The molecule has 0 atom stereocenters. The molecule has 4 rings (SSSR count). The highest BCUT2D eigenvalue weighted by Gasteiger charge is 2.22. The highest BCUT2D eigenvalue weighted by Crippen LogP contribution is 2.36. The number of hydrogen-bond acceptors (Lipinski definition) is 4. The van der Waals surface area contributed by atoms with E-state index in [-0.39, 0.29) is 5.97 Å². The molecule has 0 aromatic heterocycles. The number of benzene rings is 3. The lowest BCUT2D eigenvalue weighted by Gasteiger charge is -2.16. The van der Waals surface area contributed by atoms with Crippen molar-refractivity contribution in [1.29, 1.82) is 0 Å². The van der Waals surface area contributed by atoms with E-state index < -0.39 is 0 Å². The molecule has 0 unspecified atom stereocenters. The number of carbonyl (C=O) groups is 1. The van der Waals surface area contributed by atoms with Gasteiger partial charge in [0.25, 0.3) is 0 Å². The van der Waals surface area contributed by atoms with E-state index in [1.54, 1.807) is 19.3 Å². The fourth-order valence-corrected chi connectivity index (χ4v) is 3.65. The third-order valence-electron chi connectivity index (χ3n) is 5.35. The summed E-state index contributed by atoms with van der Waals surface area (Å²) in [4.78, 5) is 12.5. The normalized spacial score (nSPS) is 14.1. The average Bonchev–Trinajstić information content (AvgIpc) is 3.19. The van der Waals surface area contributed by atoms with E-state index in [4.69, 9.17) is 14.2 Å². The molecule has 0 bridgehead atoms. The van der Waals surface area contributed by atoms with Gasteiger partial charge in [-0.05, 0) is 48.8 Å². The third kappa shape index (κ3) is 5.24. The van der Waals surface area contributed by atoms with E-state index in [0.717, 1.165) is 27.8 Å². The maximum Gasteiger partial charge on any atom is 0.343 e. The van der Waals surface area contributed by atoms with E-state index in [1.807, 2.05) is 79.7 Å². The Hall–Kier alpha value is -4.05.